The summed E-state index contributed by atoms with van der Waals surface area (Å²) in [7, 11) is -2.12. The molecule has 3 aromatic rings. The second-order valence-electron chi connectivity index (χ2n) is 7.29. The lowest BCUT2D eigenvalue weighted by molar-refractivity contribution is 0.343. The number of pyridine rings is 1. The zero-order chi connectivity index (χ0) is 19.8. The van der Waals surface area contributed by atoms with Gasteiger partial charge in [0, 0.05) is 30.1 Å². The fraction of sp³-hybridized carbons (Fsp3) is 0.368. The Morgan fingerprint density at radius 2 is 1.96 bits per heavy atom. The van der Waals surface area contributed by atoms with Gasteiger partial charge >= 0.3 is 0 Å². The minimum atomic E-state index is -3.83. The number of fused-ring (bicyclic) bond motifs is 1. The summed E-state index contributed by atoms with van der Waals surface area (Å²) >= 11 is 0. The first-order chi connectivity index (χ1) is 12.6. The van der Waals surface area contributed by atoms with E-state index in [0.29, 0.717) is 29.1 Å². The molecule has 0 saturated carbocycles. The van der Waals surface area contributed by atoms with Gasteiger partial charge in [-0.15, -0.1) is 0 Å². The maximum absolute atomic E-state index is 13.1. The van der Waals surface area contributed by atoms with Crippen molar-refractivity contribution in [2.24, 2.45) is 7.05 Å². The van der Waals surface area contributed by atoms with E-state index in [1.54, 1.807) is 43.6 Å². The second-order valence-corrected chi connectivity index (χ2v) is 8.94. The Balaban J connectivity index is 2.06. The molecule has 2 aromatic heterocycles. The van der Waals surface area contributed by atoms with Crippen molar-refractivity contribution in [1.29, 1.82) is 0 Å². The van der Waals surface area contributed by atoms with Crippen molar-refractivity contribution in [2.75, 3.05) is 11.3 Å². The van der Waals surface area contributed by atoms with Crippen molar-refractivity contribution in [1.82, 2.24) is 14.8 Å². The van der Waals surface area contributed by atoms with E-state index in [1.807, 2.05) is 27.7 Å². The number of nitrogens with zero attached hydrogens (tertiary/aromatic N) is 3. The van der Waals surface area contributed by atoms with Crippen LogP contribution in [0.4, 0.5) is 5.82 Å². The Morgan fingerprint density at radius 1 is 1.22 bits per heavy atom. The molecule has 7 nitrogen and oxygen atoms in total. The number of aromatic nitrogens is 3. The first-order valence-electron chi connectivity index (χ1n) is 8.71. The van der Waals surface area contributed by atoms with Crippen molar-refractivity contribution in [2.45, 2.75) is 38.0 Å². The molecule has 0 radical (unpaired) electrons. The first kappa shape index (κ1) is 19.2. The number of hydrogen-bond donors (Lipinski definition) is 1. The molecule has 8 heteroatoms. The van der Waals surface area contributed by atoms with E-state index in [9.17, 15) is 8.42 Å². The first-order valence-corrected chi connectivity index (χ1v) is 10.2. The van der Waals surface area contributed by atoms with Gasteiger partial charge in [-0.3, -0.25) is 14.4 Å². The van der Waals surface area contributed by atoms with E-state index < -0.39 is 10.0 Å². The largest absolute Gasteiger partial charge is 0.492 e. The quantitative estimate of drug-likeness (QED) is 0.723. The van der Waals surface area contributed by atoms with E-state index in [1.165, 1.54) is 4.68 Å². The van der Waals surface area contributed by atoms with E-state index in [2.05, 4.69) is 14.8 Å². The highest BCUT2D eigenvalue weighted by molar-refractivity contribution is 7.93. The summed E-state index contributed by atoms with van der Waals surface area (Å²) in [5.41, 5.74) is 1.14. The van der Waals surface area contributed by atoms with E-state index in [4.69, 9.17) is 4.74 Å². The average molecular weight is 388 g/mol. The van der Waals surface area contributed by atoms with Crippen LogP contribution in [0.25, 0.3) is 10.9 Å². The molecule has 0 fully saturated rings. The summed E-state index contributed by atoms with van der Waals surface area (Å²) in [5, 5.41) is 4.93. The summed E-state index contributed by atoms with van der Waals surface area (Å²) in [4.78, 5) is 4.45. The fourth-order valence-electron chi connectivity index (χ4n) is 2.75. The minimum absolute atomic E-state index is 0.146. The smallest absolute Gasteiger partial charge is 0.263 e. The zero-order valence-corrected chi connectivity index (χ0v) is 17.0. The number of ether oxygens (including phenoxy) is 1. The normalized spacial score (nSPS) is 12.3. The molecule has 1 N–H and O–H groups in total. The topological polar surface area (TPSA) is 86.1 Å². The van der Waals surface area contributed by atoms with Crippen LogP contribution in [-0.2, 0) is 22.5 Å². The van der Waals surface area contributed by atoms with Crippen molar-refractivity contribution in [3.63, 3.8) is 0 Å². The van der Waals surface area contributed by atoms with Crippen molar-refractivity contribution in [3.8, 4) is 5.75 Å². The predicted octanol–water partition coefficient (Wildman–Crippen LogP) is 3.47. The molecular formula is C19H24N4O3S. The number of benzene rings is 1. The highest BCUT2D eigenvalue weighted by atomic mass is 32.2. The van der Waals surface area contributed by atoms with Crippen LogP contribution in [0, 0.1) is 0 Å². The van der Waals surface area contributed by atoms with E-state index >= 15 is 0 Å². The molecule has 1 aromatic carbocycles. The van der Waals surface area contributed by atoms with Crippen LogP contribution in [0.1, 0.15) is 33.4 Å². The van der Waals surface area contributed by atoms with Gasteiger partial charge in [-0.2, -0.15) is 5.10 Å². The van der Waals surface area contributed by atoms with Crippen LogP contribution in [0.2, 0.25) is 0 Å². The van der Waals surface area contributed by atoms with Gasteiger partial charge in [-0.1, -0.05) is 20.8 Å². The summed E-state index contributed by atoms with van der Waals surface area (Å²) in [5.74, 6) is 0.966. The van der Waals surface area contributed by atoms with Crippen LogP contribution in [-0.4, -0.2) is 29.8 Å². The highest BCUT2D eigenvalue weighted by Crippen LogP contribution is 2.31. The molecule has 0 aliphatic rings. The van der Waals surface area contributed by atoms with Gasteiger partial charge in [0.15, 0.2) is 0 Å². The Kier molecular flexibility index (Phi) is 4.86. The molecule has 3 rings (SSSR count). The molecule has 0 amide bonds. The summed E-state index contributed by atoms with van der Waals surface area (Å²) in [6.07, 6.45) is 1.62. The number of aryl methyl sites for hydroxylation is 1. The Morgan fingerprint density at radius 3 is 2.59 bits per heavy atom. The van der Waals surface area contributed by atoms with Crippen molar-refractivity contribution < 1.29 is 13.2 Å². The molecule has 0 saturated heterocycles. The number of sulfonamides is 1. The van der Waals surface area contributed by atoms with Crippen LogP contribution >= 0.6 is 0 Å². The zero-order valence-electron chi connectivity index (χ0n) is 16.1. The Hall–Kier alpha value is -2.61. The Labute approximate surface area is 159 Å². The summed E-state index contributed by atoms with van der Waals surface area (Å²) < 4.78 is 35.9. The van der Waals surface area contributed by atoms with Gasteiger partial charge in [0.05, 0.1) is 17.2 Å². The molecule has 0 spiro atoms. The molecule has 0 unspecified atom stereocenters. The third kappa shape index (κ3) is 3.75. The maximum atomic E-state index is 13.1. The summed E-state index contributed by atoms with van der Waals surface area (Å²) in [6, 6.07) is 8.37. The number of anilines is 1. The molecule has 0 atom stereocenters. The number of hydrogen-bond acceptors (Lipinski definition) is 5. The number of rotatable bonds is 5. The fourth-order valence-corrected chi connectivity index (χ4v) is 4.03. The molecule has 0 bridgehead atoms. The third-order valence-corrected chi connectivity index (χ3v) is 5.58. The number of nitrogens with one attached hydrogen (secondary N) is 1. The molecule has 144 valence electrons. The lowest BCUT2D eigenvalue weighted by atomic mass is 9.92. The third-order valence-electron chi connectivity index (χ3n) is 4.17. The van der Waals surface area contributed by atoms with E-state index in [-0.39, 0.29) is 10.3 Å². The molecule has 0 aliphatic carbocycles. The Bertz CT molecular complexity index is 1080. The van der Waals surface area contributed by atoms with Crippen LogP contribution in [0.3, 0.4) is 0 Å². The molecular weight excluding hydrogens is 364 g/mol. The predicted molar refractivity (Wildman–Crippen MR) is 106 cm³/mol. The lowest BCUT2D eigenvalue weighted by Crippen LogP contribution is -2.16. The monoisotopic (exact) mass is 388 g/mol. The van der Waals surface area contributed by atoms with Gasteiger partial charge in [0.25, 0.3) is 10.0 Å². The minimum Gasteiger partial charge on any atom is -0.492 e. The van der Waals surface area contributed by atoms with Crippen LogP contribution < -0.4 is 9.46 Å². The molecule has 0 aliphatic heterocycles. The van der Waals surface area contributed by atoms with Crippen LogP contribution in [0.15, 0.2) is 41.4 Å². The van der Waals surface area contributed by atoms with Gasteiger partial charge in [0.1, 0.15) is 17.1 Å². The maximum Gasteiger partial charge on any atom is 0.263 e. The average Bonchev–Trinajstić information content (AvgIpc) is 2.95. The standard InChI is InChI=1S/C19H24N4O3S/c1-6-26-14-9-10-15(13-8-7-11-20-18(13)14)27(24,25)22-17-12-16(19(2,3)4)21-23(17)5/h7-12,22H,6H2,1-5H3. The highest BCUT2D eigenvalue weighted by Gasteiger charge is 2.24. The lowest BCUT2D eigenvalue weighted by Gasteiger charge is -2.13. The van der Waals surface area contributed by atoms with Gasteiger partial charge in [-0.25, -0.2) is 8.42 Å². The van der Waals surface area contributed by atoms with Crippen LogP contribution in [0.5, 0.6) is 5.75 Å². The van der Waals surface area contributed by atoms with Gasteiger partial charge in [0.2, 0.25) is 0 Å². The van der Waals surface area contributed by atoms with Crippen molar-refractivity contribution in [3.05, 3.63) is 42.2 Å². The van der Waals surface area contributed by atoms with Gasteiger partial charge in [-0.05, 0) is 31.2 Å². The SMILES string of the molecule is CCOc1ccc(S(=O)(=O)Nc2cc(C(C)(C)C)nn2C)c2cccnc12. The van der Waals surface area contributed by atoms with Crippen molar-refractivity contribution >= 4 is 26.7 Å². The summed E-state index contributed by atoms with van der Waals surface area (Å²) in [6.45, 7) is 8.43. The van der Waals surface area contributed by atoms with E-state index in [0.717, 1.165) is 5.69 Å². The molecule has 27 heavy (non-hydrogen) atoms. The molecule has 2 heterocycles. The van der Waals surface area contributed by atoms with Gasteiger partial charge < -0.3 is 4.74 Å². The second kappa shape index (κ2) is 6.84.